The van der Waals surface area contributed by atoms with Crippen LogP contribution in [0.2, 0.25) is 0 Å². The molecule has 1 atom stereocenters. The average Bonchev–Trinajstić information content (AvgIpc) is 3.19. The summed E-state index contributed by atoms with van der Waals surface area (Å²) >= 11 is 3.89. The zero-order chi connectivity index (χ0) is 15.5. The average molecular weight is 338 g/mol. The van der Waals surface area contributed by atoms with Crippen LogP contribution in [0.5, 0.6) is 0 Å². The van der Waals surface area contributed by atoms with Gasteiger partial charge in [-0.15, -0.1) is 23.5 Å². The Labute approximate surface area is 137 Å². The summed E-state index contributed by atoms with van der Waals surface area (Å²) in [5.41, 5.74) is 1.98. The fraction of sp³-hybridized carbons (Fsp3) is 0.467. The van der Waals surface area contributed by atoms with Crippen LogP contribution < -0.4 is 5.32 Å². The van der Waals surface area contributed by atoms with Crippen LogP contribution in [-0.2, 0) is 4.79 Å². The van der Waals surface area contributed by atoms with Crippen molar-refractivity contribution in [3.63, 3.8) is 0 Å². The molecular weight excluding hydrogens is 320 g/mol. The molecule has 2 aliphatic rings. The van der Waals surface area contributed by atoms with Gasteiger partial charge in [-0.25, -0.2) is 4.79 Å². The molecule has 0 unspecified atom stereocenters. The van der Waals surface area contributed by atoms with Gasteiger partial charge >= 0.3 is 6.09 Å². The fourth-order valence-corrected chi connectivity index (χ4v) is 5.63. The topological polar surface area (TPSA) is 69.6 Å². The zero-order valence-corrected chi connectivity index (χ0v) is 13.7. The zero-order valence-electron chi connectivity index (χ0n) is 12.0. The van der Waals surface area contributed by atoms with Gasteiger partial charge in [-0.05, 0) is 30.5 Å². The maximum absolute atomic E-state index is 12.2. The Morgan fingerprint density at radius 2 is 1.86 bits per heavy atom. The van der Waals surface area contributed by atoms with E-state index in [2.05, 4.69) is 5.32 Å². The molecule has 0 radical (unpaired) electrons. The summed E-state index contributed by atoms with van der Waals surface area (Å²) in [5.74, 6) is 2.12. The molecule has 2 amide bonds. The second-order valence-electron chi connectivity index (χ2n) is 5.32. The number of nitrogens with zero attached hydrogens (tertiary/aromatic N) is 1. The van der Waals surface area contributed by atoms with E-state index in [-0.39, 0.29) is 5.91 Å². The Morgan fingerprint density at radius 3 is 2.50 bits per heavy atom. The smallest absolute Gasteiger partial charge is 0.407 e. The molecule has 0 aliphatic carbocycles. The molecule has 118 valence electrons. The first kappa shape index (κ1) is 15.6. The van der Waals surface area contributed by atoms with Crippen LogP contribution in [0, 0.1) is 0 Å². The first-order chi connectivity index (χ1) is 10.6. The van der Waals surface area contributed by atoms with E-state index in [0.717, 1.165) is 12.1 Å². The molecule has 1 aromatic rings. The summed E-state index contributed by atoms with van der Waals surface area (Å²) in [4.78, 5) is 24.6. The molecule has 7 heteroatoms. The maximum atomic E-state index is 12.2. The van der Waals surface area contributed by atoms with E-state index >= 15 is 0 Å². The molecule has 2 saturated heterocycles. The Kier molecular flexibility index (Phi) is 4.83. The highest BCUT2D eigenvalue weighted by Crippen LogP contribution is 2.45. The normalized spacial score (nSPS) is 22.0. The quantitative estimate of drug-likeness (QED) is 0.885. The fourth-order valence-electron chi connectivity index (χ4n) is 2.77. The second-order valence-corrected chi connectivity index (χ2v) is 8.04. The van der Waals surface area contributed by atoms with E-state index in [4.69, 9.17) is 5.11 Å². The predicted octanol–water partition coefficient (Wildman–Crippen LogP) is 3.25. The molecule has 2 aliphatic heterocycles. The molecule has 3 rings (SSSR count). The Balaban J connectivity index is 1.62. The van der Waals surface area contributed by atoms with Crippen molar-refractivity contribution in [2.45, 2.75) is 23.5 Å². The molecule has 0 aromatic heterocycles. The summed E-state index contributed by atoms with van der Waals surface area (Å²) in [6, 6.07) is 7.29. The van der Waals surface area contributed by atoms with Crippen molar-refractivity contribution < 1.29 is 14.7 Å². The first-order valence-electron chi connectivity index (χ1n) is 7.29. The maximum Gasteiger partial charge on any atom is 0.407 e. The summed E-state index contributed by atoms with van der Waals surface area (Å²) in [6.45, 7) is 0.433. The standard InChI is InChI=1S/C15H18N2O3S2/c18-13(12-2-1-7-17(12)15(19)20)16-11-5-3-10(4-6-11)14-21-8-9-22-14/h3-6,12,14H,1-2,7-9H2,(H,16,18)(H,19,20)/t12-/m1/s1. The Morgan fingerprint density at radius 1 is 1.18 bits per heavy atom. The van der Waals surface area contributed by atoms with Crippen molar-refractivity contribution in [1.29, 1.82) is 0 Å². The van der Waals surface area contributed by atoms with Gasteiger partial charge in [0.2, 0.25) is 5.91 Å². The van der Waals surface area contributed by atoms with E-state index in [0.29, 0.717) is 17.5 Å². The molecule has 0 saturated carbocycles. The minimum Gasteiger partial charge on any atom is -0.465 e. The third-order valence-electron chi connectivity index (χ3n) is 3.87. The molecule has 22 heavy (non-hydrogen) atoms. The third kappa shape index (κ3) is 3.35. The van der Waals surface area contributed by atoms with Gasteiger partial charge in [0, 0.05) is 23.7 Å². The number of carbonyl (C=O) groups excluding carboxylic acids is 1. The van der Waals surface area contributed by atoms with Gasteiger partial charge in [-0.1, -0.05) is 12.1 Å². The molecule has 0 spiro atoms. The highest BCUT2D eigenvalue weighted by Gasteiger charge is 2.34. The first-order valence-corrected chi connectivity index (χ1v) is 9.38. The number of hydrogen-bond acceptors (Lipinski definition) is 4. The number of nitrogens with one attached hydrogen (secondary N) is 1. The van der Waals surface area contributed by atoms with Crippen molar-refractivity contribution >= 4 is 41.2 Å². The SMILES string of the molecule is O=C(Nc1ccc(C2SCCS2)cc1)[C@H]1CCCN1C(=O)O. The Hall–Kier alpha value is -1.34. The highest BCUT2D eigenvalue weighted by atomic mass is 32.2. The van der Waals surface area contributed by atoms with Crippen LogP contribution in [-0.4, -0.2) is 46.1 Å². The summed E-state index contributed by atoms with van der Waals surface area (Å²) in [7, 11) is 0. The minimum atomic E-state index is -1.02. The van der Waals surface area contributed by atoms with Crippen LogP contribution in [0.3, 0.4) is 0 Å². The monoisotopic (exact) mass is 338 g/mol. The molecule has 1 aromatic carbocycles. The van der Waals surface area contributed by atoms with E-state index in [9.17, 15) is 9.59 Å². The molecule has 2 N–H and O–H groups in total. The van der Waals surface area contributed by atoms with Crippen LogP contribution in [0.1, 0.15) is 23.0 Å². The van der Waals surface area contributed by atoms with E-state index < -0.39 is 12.1 Å². The lowest BCUT2D eigenvalue weighted by Gasteiger charge is -2.20. The van der Waals surface area contributed by atoms with Crippen LogP contribution >= 0.6 is 23.5 Å². The number of hydrogen-bond donors (Lipinski definition) is 2. The molecule has 2 fully saturated rings. The van der Waals surface area contributed by atoms with Gasteiger partial charge in [0.1, 0.15) is 6.04 Å². The second kappa shape index (κ2) is 6.83. The number of anilines is 1. The van der Waals surface area contributed by atoms with Crippen molar-refractivity contribution in [3.05, 3.63) is 29.8 Å². The number of likely N-dealkylation sites (tertiary alicyclic amines) is 1. The lowest BCUT2D eigenvalue weighted by Crippen LogP contribution is -2.42. The van der Waals surface area contributed by atoms with Crippen LogP contribution in [0.15, 0.2) is 24.3 Å². The number of rotatable bonds is 3. The van der Waals surface area contributed by atoms with Crippen molar-refractivity contribution in [2.75, 3.05) is 23.4 Å². The molecule has 2 heterocycles. The van der Waals surface area contributed by atoms with Crippen molar-refractivity contribution in [2.24, 2.45) is 0 Å². The van der Waals surface area contributed by atoms with E-state index in [1.165, 1.54) is 22.0 Å². The van der Waals surface area contributed by atoms with Crippen molar-refractivity contribution in [3.8, 4) is 0 Å². The van der Waals surface area contributed by atoms with Gasteiger partial charge in [0.25, 0.3) is 0 Å². The number of carbonyl (C=O) groups is 2. The molecule has 5 nitrogen and oxygen atoms in total. The van der Waals surface area contributed by atoms with Gasteiger partial charge in [0.15, 0.2) is 0 Å². The van der Waals surface area contributed by atoms with E-state index in [1.54, 1.807) is 0 Å². The van der Waals surface area contributed by atoms with E-state index in [1.807, 2.05) is 47.8 Å². The van der Waals surface area contributed by atoms with Gasteiger partial charge in [-0.3, -0.25) is 9.69 Å². The summed E-state index contributed by atoms with van der Waals surface area (Å²) in [6.07, 6.45) is 0.300. The van der Waals surface area contributed by atoms with Crippen LogP contribution in [0.4, 0.5) is 10.5 Å². The Bertz CT molecular complexity index is 558. The third-order valence-corrected chi connectivity index (χ3v) is 6.98. The molecular formula is C15H18N2O3S2. The number of carboxylic acid groups (broad SMARTS) is 1. The largest absolute Gasteiger partial charge is 0.465 e. The summed E-state index contributed by atoms with van der Waals surface area (Å²) in [5, 5.41) is 11.9. The predicted molar refractivity (Wildman–Crippen MR) is 90.5 cm³/mol. The highest BCUT2D eigenvalue weighted by molar-refractivity contribution is 8.19. The number of thioether (sulfide) groups is 2. The lowest BCUT2D eigenvalue weighted by molar-refractivity contribution is -0.119. The number of amides is 2. The number of benzene rings is 1. The van der Waals surface area contributed by atoms with Gasteiger partial charge in [0.05, 0.1) is 4.58 Å². The minimum absolute atomic E-state index is 0.239. The van der Waals surface area contributed by atoms with Gasteiger partial charge in [-0.2, -0.15) is 0 Å². The van der Waals surface area contributed by atoms with Gasteiger partial charge < -0.3 is 10.4 Å². The molecule has 0 bridgehead atoms. The lowest BCUT2D eigenvalue weighted by atomic mass is 10.2. The van der Waals surface area contributed by atoms with Crippen molar-refractivity contribution in [1.82, 2.24) is 4.90 Å². The van der Waals surface area contributed by atoms with Crippen LogP contribution in [0.25, 0.3) is 0 Å². The summed E-state index contributed by atoms with van der Waals surface area (Å²) < 4.78 is 0.488.